The molecule has 0 unspecified atom stereocenters. The lowest BCUT2D eigenvalue weighted by molar-refractivity contribution is -0.159. The quantitative estimate of drug-likeness (QED) is 0.123. The highest BCUT2D eigenvalue weighted by molar-refractivity contribution is 8.00. The Morgan fingerprint density at radius 1 is 1.02 bits per heavy atom. The van der Waals surface area contributed by atoms with Crippen LogP contribution in [0.4, 0.5) is 0 Å². The monoisotopic (exact) mass is 825 g/mol. The number of nitrogens with one attached hydrogen (secondary N) is 1. The number of phenols is 2. The number of likely N-dealkylation sites (N-methyl/N-ethyl adjacent to an activating group) is 1. The number of benzene rings is 2. The normalized spacial score (nSPS) is 29.1. The van der Waals surface area contributed by atoms with E-state index in [4.69, 9.17) is 11.5 Å². The fraction of sp³-hybridized carbons (Fsp3) is 0.368. The first-order valence-corrected chi connectivity index (χ1v) is 18.6. The Hall–Kier alpha value is -5.77. The van der Waals surface area contributed by atoms with E-state index in [2.05, 4.69) is 5.32 Å². The van der Waals surface area contributed by atoms with E-state index in [0.717, 1.165) is 0 Å². The van der Waals surface area contributed by atoms with Gasteiger partial charge in [-0.05, 0) is 69.3 Å². The summed E-state index contributed by atoms with van der Waals surface area (Å²) in [6.45, 7) is 3.08. The van der Waals surface area contributed by atoms with Crippen molar-refractivity contribution in [2.24, 2.45) is 23.3 Å². The third kappa shape index (κ3) is 6.46. The van der Waals surface area contributed by atoms with Gasteiger partial charge in [0.15, 0.2) is 11.4 Å². The first-order valence-electron chi connectivity index (χ1n) is 17.5. The molecule has 2 aromatic carbocycles. The molecule has 310 valence electrons. The Balaban J connectivity index is 0.000000224. The van der Waals surface area contributed by atoms with Crippen molar-refractivity contribution < 1.29 is 70.0 Å². The number of aromatic hydroxyl groups is 2. The summed E-state index contributed by atoms with van der Waals surface area (Å²) in [5.41, 5.74) is 6.45. The number of carboxylic acids is 1. The van der Waals surface area contributed by atoms with Gasteiger partial charge in [0.05, 0.1) is 17.2 Å². The summed E-state index contributed by atoms with van der Waals surface area (Å²) in [5.74, 6) is -9.50. The van der Waals surface area contributed by atoms with Crippen molar-refractivity contribution in [3.05, 3.63) is 87.3 Å². The summed E-state index contributed by atoms with van der Waals surface area (Å²) >= 11 is 1.40. The van der Waals surface area contributed by atoms with E-state index >= 15 is 0 Å². The number of aliphatic hydroxyl groups is 4. The van der Waals surface area contributed by atoms with E-state index in [9.17, 15) is 64.5 Å². The van der Waals surface area contributed by atoms with Crippen LogP contribution in [0.5, 0.6) is 11.5 Å². The lowest BCUT2D eigenvalue weighted by atomic mass is 9.54. The van der Waals surface area contributed by atoms with Crippen LogP contribution in [0.25, 0.3) is 5.76 Å². The summed E-state index contributed by atoms with van der Waals surface area (Å²) in [4.78, 5) is 77.2. The number of Topliss-reactive ketones (excluding diaryl/α,β-unsaturated/α-hetero) is 2. The standard InChI is InChI=1S/C22H24N2O8.C16H17N3O5S.H2O/c1-21(31)8-5-4-6-11(25)12(8)16(26)13-9(21)7-10-15(24(2)3)17(27)14(20(23)30)19(29)22(10,32)18(13)28;1-7-6-25-15-11(14(22)19(15)12(7)16(23)24)18-13(21)10(17)8-2-4-9(20)5-3-8;/h4-6,9-10,15,25-26,29,31-32H,7H2,1-3H3,(H2,23,30);2-5,10-11,15,20H,6,17H2,1H3,(H,18,21)(H,23,24);1H2/t9-,10-,15-,21+,22-;10-,11-,15-;/m01./s1. The number of aliphatic hydroxyl groups excluding tert-OH is 2. The van der Waals surface area contributed by atoms with Gasteiger partial charge in [0.25, 0.3) is 11.8 Å². The molecule has 8 atom stereocenters. The number of thioether (sulfide) groups is 1. The fourth-order valence-electron chi connectivity index (χ4n) is 8.35. The molecule has 2 heterocycles. The van der Waals surface area contributed by atoms with Crippen LogP contribution in [0.3, 0.4) is 0 Å². The number of hydrogen-bond donors (Lipinski definition) is 10. The summed E-state index contributed by atoms with van der Waals surface area (Å²) in [6, 6.07) is 7.11. The van der Waals surface area contributed by atoms with E-state index in [1.54, 1.807) is 6.92 Å². The third-order valence-corrected chi connectivity index (χ3v) is 12.6. The van der Waals surface area contributed by atoms with Crippen molar-refractivity contribution in [2.75, 3.05) is 19.8 Å². The van der Waals surface area contributed by atoms with Gasteiger partial charge in [0.2, 0.25) is 11.7 Å². The molecule has 1 saturated heterocycles. The van der Waals surface area contributed by atoms with Gasteiger partial charge in [-0.25, -0.2) is 4.79 Å². The topological polar surface area (TPSA) is 346 Å². The van der Waals surface area contributed by atoms with Gasteiger partial charge in [-0.15, -0.1) is 11.8 Å². The predicted molar refractivity (Wildman–Crippen MR) is 204 cm³/mol. The van der Waals surface area contributed by atoms with Crippen LogP contribution in [0.2, 0.25) is 0 Å². The number of fused-ring (bicyclic) bond motifs is 4. The van der Waals surface area contributed by atoms with Crippen molar-refractivity contribution >= 4 is 52.8 Å². The summed E-state index contributed by atoms with van der Waals surface area (Å²) < 4.78 is 0. The fourth-order valence-corrected chi connectivity index (χ4v) is 9.65. The van der Waals surface area contributed by atoms with Gasteiger partial charge < -0.3 is 58.0 Å². The van der Waals surface area contributed by atoms with Gasteiger partial charge >= 0.3 is 5.97 Å². The Morgan fingerprint density at radius 2 is 1.64 bits per heavy atom. The lowest BCUT2D eigenvalue weighted by Crippen LogP contribution is -2.71. The van der Waals surface area contributed by atoms with Crippen LogP contribution < -0.4 is 16.8 Å². The number of nitrogens with two attached hydrogens (primary N) is 2. The molecule has 2 fully saturated rings. The molecule has 3 aliphatic carbocycles. The number of hydrogen-bond acceptors (Lipinski definition) is 15. The van der Waals surface area contributed by atoms with E-state index in [-0.39, 0.29) is 34.5 Å². The molecule has 7 rings (SSSR count). The molecule has 5 aliphatic rings. The molecule has 2 aliphatic heterocycles. The summed E-state index contributed by atoms with van der Waals surface area (Å²) in [7, 11) is 3.01. The predicted octanol–water partition coefficient (Wildman–Crippen LogP) is -1.05. The van der Waals surface area contributed by atoms with Gasteiger partial charge in [-0.2, -0.15) is 0 Å². The highest BCUT2D eigenvalue weighted by Crippen LogP contribution is 2.57. The number of carbonyl (C=O) groups excluding carboxylic acids is 5. The van der Waals surface area contributed by atoms with Gasteiger partial charge in [0, 0.05) is 23.2 Å². The number of carboxylic acid groups (broad SMARTS) is 1. The van der Waals surface area contributed by atoms with E-state index < -0.39 is 110 Å². The smallest absolute Gasteiger partial charge is 0.352 e. The first kappa shape index (κ1) is 43.4. The highest BCUT2D eigenvalue weighted by Gasteiger charge is 2.66. The molecule has 14 N–H and O–H groups in total. The zero-order valence-corrected chi connectivity index (χ0v) is 32.3. The largest absolute Gasteiger partial charge is 0.508 e. The number of phenolic OH excluding ortho intramolecular Hbond substituents is 2. The number of β-lactam (4-membered cyclic amide) rings is 1. The Labute approximate surface area is 334 Å². The molecule has 2 aromatic rings. The van der Waals surface area contributed by atoms with Crippen LogP contribution >= 0.6 is 11.8 Å². The number of aliphatic carboxylic acids is 1. The molecule has 0 aromatic heterocycles. The van der Waals surface area contributed by atoms with Crippen LogP contribution in [-0.4, -0.2) is 129 Å². The molecule has 3 amide bonds. The van der Waals surface area contributed by atoms with E-state index in [0.29, 0.717) is 16.9 Å². The molecule has 1 saturated carbocycles. The number of carbonyl (C=O) groups is 6. The number of ketones is 2. The van der Waals surface area contributed by atoms with Crippen LogP contribution in [0, 0.1) is 11.8 Å². The molecule has 0 radical (unpaired) electrons. The summed E-state index contributed by atoms with van der Waals surface area (Å²) in [6.07, 6.45) is -0.200. The van der Waals surface area contributed by atoms with Crippen molar-refractivity contribution in [1.29, 1.82) is 0 Å². The number of amides is 3. The highest BCUT2D eigenvalue weighted by atomic mass is 32.2. The average molecular weight is 826 g/mol. The minimum absolute atomic E-state index is 0. The average Bonchev–Trinajstić information content (AvgIpc) is 3.14. The molecule has 0 bridgehead atoms. The van der Waals surface area contributed by atoms with Crippen molar-refractivity contribution in [2.45, 2.75) is 55.0 Å². The minimum atomic E-state index is -2.75. The van der Waals surface area contributed by atoms with Crippen molar-refractivity contribution in [3.63, 3.8) is 0 Å². The number of nitrogens with zero attached hydrogens (tertiary/aromatic N) is 2. The second-order valence-corrected chi connectivity index (χ2v) is 16.0. The van der Waals surface area contributed by atoms with E-state index in [1.807, 2.05) is 0 Å². The maximum absolute atomic E-state index is 13.7. The minimum Gasteiger partial charge on any atom is -0.508 e. The maximum Gasteiger partial charge on any atom is 0.352 e. The third-order valence-electron chi connectivity index (χ3n) is 11.2. The second-order valence-electron chi connectivity index (χ2n) is 14.9. The van der Waals surface area contributed by atoms with Gasteiger partial charge in [-0.3, -0.25) is 33.8 Å². The molecule has 0 spiro atoms. The van der Waals surface area contributed by atoms with Gasteiger partial charge in [-0.1, -0.05) is 24.3 Å². The van der Waals surface area contributed by atoms with Crippen molar-refractivity contribution in [3.8, 4) is 11.5 Å². The molecular formula is C38H43N5O14S. The SMILES string of the molecule is CC1=C(C(=O)O)N2C(=O)[C@@H](NC(=O)[C@H](N)c3ccc(O)cc3)[C@H]2SC1.CN(C)[C@@H]1C(=O)C(C(N)=O)=C(O)[C@@]2(O)C(=O)C3=C(O)c4c(O)cccc4[C@@](C)(O)[C@H]3C[C@@H]12.O. The Kier molecular flexibility index (Phi) is 11.4. The Morgan fingerprint density at radius 3 is 2.21 bits per heavy atom. The van der Waals surface area contributed by atoms with Crippen molar-refractivity contribution in [1.82, 2.24) is 15.1 Å². The van der Waals surface area contributed by atoms with Crippen LogP contribution in [0.1, 0.15) is 43.0 Å². The zero-order chi connectivity index (χ0) is 42.2. The molecule has 20 heteroatoms. The van der Waals surface area contributed by atoms with E-state index in [1.165, 1.54) is 85.0 Å². The van der Waals surface area contributed by atoms with Crippen LogP contribution in [-0.2, 0) is 34.4 Å². The van der Waals surface area contributed by atoms with Gasteiger partial charge in [0.1, 0.15) is 51.7 Å². The number of primary amides is 1. The summed E-state index contributed by atoms with van der Waals surface area (Å²) in [5, 5.41) is 75.6. The molecular weight excluding hydrogens is 783 g/mol. The second kappa shape index (κ2) is 15.2. The molecule has 19 nitrogen and oxygen atoms in total. The molecule has 58 heavy (non-hydrogen) atoms. The zero-order valence-electron chi connectivity index (χ0n) is 31.5. The van der Waals surface area contributed by atoms with Crippen LogP contribution in [0.15, 0.2) is 70.6 Å². The maximum atomic E-state index is 13.7. The Bertz CT molecular complexity index is 2230. The number of rotatable bonds is 6. The lowest BCUT2D eigenvalue weighted by Gasteiger charge is -2.53. The first-order chi connectivity index (χ1) is 26.6.